The van der Waals surface area contributed by atoms with Crippen molar-refractivity contribution in [1.29, 1.82) is 0 Å². The molecule has 20 heavy (non-hydrogen) atoms. The summed E-state index contributed by atoms with van der Waals surface area (Å²) in [6.45, 7) is 2.57. The highest BCUT2D eigenvalue weighted by Gasteiger charge is 2.34. The molecule has 1 amide bonds. The van der Waals surface area contributed by atoms with Crippen molar-refractivity contribution in [2.45, 2.75) is 51.0 Å². The van der Waals surface area contributed by atoms with Crippen LogP contribution in [0.25, 0.3) is 0 Å². The number of amides is 1. The lowest BCUT2D eigenvalue weighted by Gasteiger charge is -2.43. The molecule has 1 heterocycles. The molecule has 0 atom stereocenters. The van der Waals surface area contributed by atoms with Crippen LogP contribution in [0.5, 0.6) is 0 Å². The zero-order chi connectivity index (χ0) is 14.6. The Bertz CT molecular complexity index is 448. The topological polar surface area (TPSA) is 58.4 Å². The zero-order valence-electron chi connectivity index (χ0n) is 12.7. The minimum atomic E-state index is 0.00736. The van der Waals surface area contributed by atoms with E-state index in [-0.39, 0.29) is 17.9 Å². The Balaban J connectivity index is 1.87. The van der Waals surface area contributed by atoms with Crippen LogP contribution in [0.2, 0.25) is 0 Å². The summed E-state index contributed by atoms with van der Waals surface area (Å²) in [7, 11) is 4.22. The number of aryl methyl sites for hydroxylation is 1. The molecule has 1 aromatic heterocycles. The molecule has 2 rings (SSSR count). The van der Waals surface area contributed by atoms with E-state index in [0.29, 0.717) is 12.3 Å². The molecule has 5 heteroatoms. The molecule has 0 aromatic carbocycles. The minimum Gasteiger partial charge on any atom is -0.361 e. The van der Waals surface area contributed by atoms with Crippen molar-refractivity contribution in [3.05, 3.63) is 17.5 Å². The monoisotopic (exact) mass is 279 g/mol. The average Bonchev–Trinajstić information content (AvgIpc) is 2.83. The Labute approximate surface area is 120 Å². The third kappa shape index (κ3) is 3.60. The predicted molar refractivity (Wildman–Crippen MR) is 77.5 cm³/mol. The SMILES string of the molecule is Cc1cc(CC(=O)NCC2(N(C)C)CCCCC2)on1. The van der Waals surface area contributed by atoms with E-state index in [4.69, 9.17) is 4.52 Å². The highest BCUT2D eigenvalue weighted by atomic mass is 16.5. The van der Waals surface area contributed by atoms with Gasteiger partial charge in [-0.2, -0.15) is 0 Å². The van der Waals surface area contributed by atoms with Crippen LogP contribution in [-0.4, -0.2) is 42.1 Å². The number of nitrogens with zero attached hydrogens (tertiary/aromatic N) is 2. The average molecular weight is 279 g/mol. The van der Waals surface area contributed by atoms with Crippen molar-refractivity contribution in [2.24, 2.45) is 0 Å². The maximum atomic E-state index is 12.0. The van der Waals surface area contributed by atoms with E-state index < -0.39 is 0 Å². The molecule has 0 saturated heterocycles. The van der Waals surface area contributed by atoms with Gasteiger partial charge in [0, 0.05) is 18.2 Å². The van der Waals surface area contributed by atoms with Gasteiger partial charge in [0.2, 0.25) is 5.91 Å². The maximum absolute atomic E-state index is 12.0. The zero-order valence-corrected chi connectivity index (χ0v) is 12.7. The second-order valence-electron chi connectivity index (χ2n) is 6.07. The fourth-order valence-electron chi connectivity index (χ4n) is 2.98. The number of hydrogen-bond acceptors (Lipinski definition) is 4. The van der Waals surface area contributed by atoms with Gasteiger partial charge in [0.25, 0.3) is 0 Å². The number of carbonyl (C=O) groups excluding carboxylic acids is 1. The lowest BCUT2D eigenvalue weighted by atomic mass is 9.80. The van der Waals surface area contributed by atoms with E-state index in [1.54, 1.807) is 0 Å². The summed E-state index contributed by atoms with van der Waals surface area (Å²) in [5.41, 5.74) is 0.926. The fraction of sp³-hybridized carbons (Fsp3) is 0.733. The molecular formula is C15H25N3O2. The van der Waals surface area contributed by atoms with E-state index in [0.717, 1.165) is 18.5 Å². The molecule has 0 spiro atoms. The first-order chi connectivity index (χ1) is 9.52. The van der Waals surface area contributed by atoms with E-state index in [1.807, 2.05) is 13.0 Å². The Kier molecular flexibility index (Phi) is 4.81. The quantitative estimate of drug-likeness (QED) is 0.894. The lowest BCUT2D eigenvalue weighted by molar-refractivity contribution is -0.121. The first-order valence-corrected chi connectivity index (χ1v) is 7.38. The van der Waals surface area contributed by atoms with Crippen LogP contribution >= 0.6 is 0 Å². The van der Waals surface area contributed by atoms with Crippen molar-refractivity contribution >= 4 is 5.91 Å². The Morgan fingerprint density at radius 2 is 2.10 bits per heavy atom. The summed E-state index contributed by atoms with van der Waals surface area (Å²) in [5, 5.41) is 6.86. The third-order valence-electron chi connectivity index (χ3n) is 4.36. The van der Waals surface area contributed by atoms with Gasteiger partial charge in [0.15, 0.2) is 0 Å². The van der Waals surface area contributed by atoms with Gasteiger partial charge in [0.05, 0.1) is 12.1 Å². The summed E-state index contributed by atoms with van der Waals surface area (Å²) in [6.07, 6.45) is 6.37. The molecule has 5 nitrogen and oxygen atoms in total. The first kappa shape index (κ1) is 15.0. The van der Waals surface area contributed by atoms with Crippen LogP contribution in [0.4, 0.5) is 0 Å². The Hall–Kier alpha value is -1.36. The molecule has 1 aromatic rings. The van der Waals surface area contributed by atoms with Gasteiger partial charge in [0.1, 0.15) is 5.76 Å². The number of hydrogen-bond donors (Lipinski definition) is 1. The summed E-state index contributed by atoms with van der Waals surface area (Å²) >= 11 is 0. The highest BCUT2D eigenvalue weighted by molar-refractivity contribution is 5.78. The molecule has 1 fully saturated rings. The molecular weight excluding hydrogens is 254 g/mol. The van der Waals surface area contributed by atoms with Gasteiger partial charge in [-0.3, -0.25) is 4.79 Å². The standard InChI is InChI=1S/C15H25N3O2/c1-12-9-13(20-17-12)10-14(19)16-11-15(18(2)3)7-5-4-6-8-15/h9H,4-8,10-11H2,1-3H3,(H,16,19). The largest absolute Gasteiger partial charge is 0.361 e. The maximum Gasteiger partial charge on any atom is 0.227 e. The van der Waals surface area contributed by atoms with Crippen molar-refractivity contribution in [1.82, 2.24) is 15.4 Å². The van der Waals surface area contributed by atoms with Gasteiger partial charge in [-0.1, -0.05) is 24.4 Å². The predicted octanol–water partition coefficient (Wildman–Crippen LogP) is 1.91. The number of likely N-dealkylation sites (N-methyl/N-ethyl adjacent to an activating group) is 1. The molecule has 0 unspecified atom stereocenters. The molecule has 1 N–H and O–H groups in total. The van der Waals surface area contributed by atoms with Crippen molar-refractivity contribution in [2.75, 3.05) is 20.6 Å². The third-order valence-corrected chi connectivity index (χ3v) is 4.36. The van der Waals surface area contributed by atoms with Gasteiger partial charge in [-0.15, -0.1) is 0 Å². The van der Waals surface area contributed by atoms with Crippen LogP contribution in [0.1, 0.15) is 43.6 Å². The lowest BCUT2D eigenvalue weighted by Crippen LogP contribution is -2.54. The highest BCUT2D eigenvalue weighted by Crippen LogP contribution is 2.31. The Morgan fingerprint density at radius 1 is 1.40 bits per heavy atom. The first-order valence-electron chi connectivity index (χ1n) is 7.38. The number of carbonyl (C=O) groups is 1. The van der Waals surface area contributed by atoms with E-state index in [1.165, 1.54) is 19.3 Å². The molecule has 0 aliphatic heterocycles. The van der Waals surface area contributed by atoms with Gasteiger partial charge in [-0.05, 0) is 33.9 Å². The summed E-state index contributed by atoms with van der Waals surface area (Å²) < 4.78 is 5.08. The van der Waals surface area contributed by atoms with Crippen LogP contribution in [0, 0.1) is 6.92 Å². The molecule has 1 aliphatic carbocycles. The van der Waals surface area contributed by atoms with Crippen molar-refractivity contribution < 1.29 is 9.32 Å². The van der Waals surface area contributed by atoms with Crippen LogP contribution in [-0.2, 0) is 11.2 Å². The van der Waals surface area contributed by atoms with Crippen molar-refractivity contribution in [3.8, 4) is 0 Å². The fourth-order valence-corrected chi connectivity index (χ4v) is 2.98. The van der Waals surface area contributed by atoms with Crippen LogP contribution < -0.4 is 5.32 Å². The molecule has 1 saturated carbocycles. The van der Waals surface area contributed by atoms with Crippen molar-refractivity contribution in [3.63, 3.8) is 0 Å². The number of nitrogens with one attached hydrogen (secondary N) is 1. The summed E-state index contributed by atoms with van der Waals surface area (Å²) in [4.78, 5) is 14.3. The summed E-state index contributed by atoms with van der Waals surface area (Å²) in [5.74, 6) is 0.635. The van der Waals surface area contributed by atoms with E-state index in [9.17, 15) is 4.79 Å². The van der Waals surface area contributed by atoms with Crippen LogP contribution in [0.3, 0.4) is 0 Å². The summed E-state index contributed by atoms with van der Waals surface area (Å²) in [6, 6.07) is 1.81. The minimum absolute atomic E-state index is 0.00736. The molecule has 0 bridgehead atoms. The molecule has 0 radical (unpaired) electrons. The smallest absolute Gasteiger partial charge is 0.227 e. The van der Waals surface area contributed by atoms with Gasteiger partial charge < -0.3 is 14.7 Å². The number of aromatic nitrogens is 1. The van der Waals surface area contributed by atoms with Crippen LogP contribution in [0.15, 0.2) is 10.6 Å². The van der Waals surface area contributed by atoms with E-state index >= 15 is 0 Å². The molecule has 1 aliphatic rings. The normalized spacial score (nSPS) is 18.2. The second kappa shape index (κ2) is 6.39. The number of rotatable bonds is 5. The Morgan fingerprint density at radius 3 is 2.65 bits per heavy atom. The van der Waals surface area contributed by atoms with E-state index in [2.05, 4.69) is 29.5 Å². The second-order valence-corrected chi connectivity index (χ2v) is 6.07. The molecule has 112 valence electrons. The van der Waals surface area contributed by atoms with Gasteiger partial charge >= 0.3 is 0 Å². The van der Waals surface area contributed by atoms with Gasteiger partial charge in [-0.25, -0.2) is 0 Å².